The van der Waals surface area contributed by atoms with Crippen molar-refractivity contribution in [2.75, 3.05) is 23.8 Å². The first-order valence-corrected chi connectivity index (χ1v) is 9.13. The van der Waals surface area contributed by atoms with Crippen LogP contribution < -0.4 is 15.4 Å². The minimum absolute atomic E-state index is 0.152. The lowest BCUT2D eigenvalue weighted by Gasteiger charge is -2.10. The summed E-state index contributed by atoms with van der Waals surface area (Å²) in [5, 5.41) is 6.38. The number of ether oxygens (including phenoxy) is 1. The highest BCUT2D eigenvalue weighted by atomic mass is 35.5. The first kappa shape index (κ1) is 18.8. The fourth-order valence-corrected chi connectivity index (χ4v) is 2.72. The van der Waals surface area contributed by atoms with Crippen LogP contribution in [0.25, 0.3) is 0 Å². The highest BCUT2D eigenvalue weighted by Crippen LogP contribution is 2.20. The molecule has 2 N–H and O–H groups in total. The van der Waals surface area contributed by atoms with Crippen molar-refractivity contribution in [2.45, 2.75) is 6.42 Å². The second kappa shape index (κ2) is 9.64. The molecule has 4 nitrogen and oxygen atoms in total. The Morgan fingerprint density at radius 3 is 2.33 bits per heavy atom. The summed E-state index contributed by atoms with van der Waals surface area (Å²) in [5.74, 6) is 0.642. The summed E-state index contributed by atoms with van der Waals surface area (Å²) < 4.78 is 5.76. The molecule has 0 aromatic heterocycles. The van der Waals surface area contributed by atoms with Gasteiger partial charge in [-0.1, -0.05) is 54.1 Å². The molecule has 0 aliphatic rings. The molecular weight excluding hydrogens is 360 g/mol. The van der Waals surface area contributed by atoms with Crippen LogP contribution in [0.5, 0.6) is 5.75 Å². The molecule has 3 aromatic rings. The van der Waals surface area contributed by atoms with E-state index in [0.29, 0.717) is 17.3 Å². The first-order valence-electron chi connectivity index (χ1n) is 8.76. The van der Waals surface area contributed by atoms with E-state index in [9.17, 15) is 4.79 Å². The van der Waals surface area contributed by atoms with E-state index in [4.69, 9.17) is 16.3 Å². The fraction of sp³-hybridized carbons (Fsp3) is 0.136. The van der Waals surface area contributed by atoms with Crippen LogP contribution in [0.1, 0.15) is 5.56 Å². The number of anilines is 2. The molecule has 5 heteroatoms. The van der Waals surface area contributed by atoms with Crippen LogP contribution >= 0.6 is 11.6 Å². The number of hydrogen-bond acceptors (Lipinski definition) is 3. The number of halogens is 1. The fourth-order valence-electron chi connectivity index (χ4n) is 2.54. The Morgan fingerprint density at radius 2 is 1.59 bits per heavy atom. The molecule has 1 amide bonds. The number of para-hydroxylation sites is 1. The highest BCUT2D eigenvalue weighted by Gasteiger charge is 2.05. The maximum Gasteiger partial charge on any atom is 0.243 e. The summed E-state index contributed by atoms with van der Waals surface area (Å²) in [6.07, 6.45) is 0.864. The Kier molecular flexibility index (Phi) is 6.72. The molecule has 3 aromatic carbocycles. The Balaban J connectivity index is 1.42. The average Bonchev–Trinajstić information content (AvgIpc) is 2.70. The average molecular weight is 381 g/mol. The molecule has 0 saturated heterocycles. The molecule has 0 aliphatic heterocycles. The van der Waals surface area contributed by atoms with Gasteiger partial charge in [-0.2, -0.15) is 0 Å². The van der Waals surface area contributed by atoms with Gasteiger partial charge in [0.25, 0.3) is 0 Å². The third kappa shape index (κ3) is 6.04. The van der Waals surface area contributed by atoms with Crippen LogP contribution in [0.15, 0.2) is 78.9 Å². The molecule has 0 bridgehead atoms. The van der Waals surface area contributed by atoms with Crippen LogP contribution in [-0.2, 0) is 11.2 Å². The van der Waals surface area contributed by atoms with E-state index in [1.165, 1.54) is 5.56 Å². The number of amides is 1. The zero-order chi connectivity index (χ0) is 18.9. The standard InChI is InChI=1S/C22H21ClN2O2/c23-20-8-4-5-9-21(20)25-22(26)16-24-18-10-12-19(13-11-18)27-15-14-17-6-2-1-3-7-17/h1-13,24H,14-16H2,(H,25,26). The third-order valence-corrected chi connectivity index (χ3v) is 4.29. The van der Waals surface area contributed by atoms with Crippen molar-refractivity contribution in [3.63, 3.8) is 0 Å². The van der Waals surface area contributed by atoms with Gasteiger partial charge in [0.1, 0.15) is 5.75 Å². The molecule has 0 radical (unpaired) electrons. The summed E-state index contributed by atoms with van der Waals surface area (Å²) in [6.45, 7) is 0.774. The number of rotatable bonds is 8. The normalized spacial score (nSPS) is 10.3. The number of carbonyl (C=O) groups is 1. The third-order valence-electron chi connectivity index (χ3n) is 3.96. The van der Waals surface area contributed by atoms with E-state index < -0.39 is 0 Å². The van der Waals surface area contributed by atoms with Gasteiger partial charge in [-0.3, -0.25) is 4.79 Å². The lowest BCUT2D eigenvalue weighted by Crippen LogP contribution is -2.21. The van der Waals surface area contributed by atoms with Crippen LogP contribution in [0, 0.1) is 0 Å². The highest BCUT2D eigenvalue weighted by molar-refractivity contribution is 6.33. The van der Waals surface area contributed by atoms with Gasteiger partial charge in [-0.05, 0) is 42.0 Å². The minimum Gasteiger partial charge on any atom is -0.493 e. The summed E-state index contributed by atoms with van der Waals surface area (Å²) in [4.78, 5) is 12.0. The van der Waals surface area contributed by atoms with E-state index in [1.54, 1.807) is 12.1 Å². The minimum atomic E-state index is -0.161. The van der Waals surface area contributed by atoms with Crippen molar-refractivity contribution in [1.82, 2.24) is 0 Å². The van der Waals surface area contributed by atoms with Gasteiger partial charge in [0.15, 0.2) is 0 Å². The lowest BCUT2D eigenvalue weighted by atomic mass is 10.2. The quantitative estimate of drug-likeness (QED) is 0.577. The van der Waals surface area contributed by atoms with Gasteiger partial charge in [0.05, 0.1) is 23.9 Å². The van der Waals surface area contributed by atoms with Crippen LogP contribution in [0.2, 0.25) is 5.02 Å². The smallest absolute Gasteiger partial charge is 0.243 e. The van der Waals surface area contributed by atoms with Crippen molar-refractivity contribution in [3.8, 4) is 5.75 Å². The molecule has 0 fully saturated rings. The predicted octanol–water partition coefficient (Wildman–Crippen LogP) is 5.01. The lowest BCUT2D eigenvalue weighted by molar-refractivity contribution is -0.114. The molecule has 0 saturated carbocycles. The van der Waals surface area contributed by atoms with Gasteiger partial charge in [0.2, 0.25) is 5.91 Å². The molecule has 27 heavy (non-hydrogen) atoms. The van der Waals surface area contributed by atoms with Crippen LogP contribution in [0.4, 0.5) is 11.4 Å². The Hall–Kier alpha value is -2.98. The Bertz CT molecular complexity index is 867. The zero-order valence-electron chi connectivity index (χ0n) is 14.8. The van der Waals surface area contributed by atoms with Crippen molar-refractivity contribution < 1.29 is 9.53 Å². The second-order valence-electron chi connectivity index (χ2n) is 5.99. The first-order chi connectivity index (χ1) is 13.2. The maximum absolute atomic E-state index is 12.0. The summed E-state index contributed by atoms with van der Waals surface area (Å²) in [7, 11) is 0. The largest absolute Gasteiger partial charge is 0.493 e. The number of hydrogen-bond donors (Lipinski definition) is 2. The van der Waals surface area contributed by atoms with E-state index >= 15 is 0 Å². The topological polar surface area (TPSA) is 50.4 Å². The molecule has 138 valence electrons. The van der Waals surface area contributed by atoms with Crippen molar-refractivity contribution in [2.24, 2.45) is 0 Å². The van der Waals surface area contributed by atoms with Crippen LogP contribution in [-0.4, -0.2) is 19.1 Å². The molecule has 0 heterocycles. The molecule has 0 aliphatic carbocycles. The molecule has 3 rings (SSSR count). The van der Waals surface area contributed by atoms with E-state index in [2.05, 4.69) is 22.8 Å². The van der Waals surface area contributed by atoms with Crippen molar-refractivity contribution >= 4 is 28.9 Å². The van der Waals surface area contributed by atoms with Gasteiger partial charge in [0, 0.05) is 12.1 Å². The van der Waals surface area contributed by atoms with Gasteiger partial charge < -0.3 is 15.4 Å². The van der Waals surface area contributed by atoms with E-state index in [-0.39, 0.29) is 12.5 Å². The Labute approximate surface area is 164 Å². The number of benzene rings is 3. The predicted molar refractivity (Wildman–Crippen MR) is 111 cm³/mol. The Morgan fingerprint density at radius 1 is 0.889 bits per heavy atom. The molecule has 0 unspecified atom stereocenters. The maximum atomic E-state index is 12.0. The zero-order valence-corrected chi connectivity index (χ0v) is 15.6. The second-order valence-corrected chi connectivity index (χ2v) is 6.40. The van der Waals surface area contributed by atoms with E-state index in [0.717, 1.165) is 17.9 Å². The number of nitrogens with one attached hydrogen (secondary N) is 2. The molecule has 0 spiro atoms. The molecule has 0 atom stereocenters. The SMILES string of the molecule is O=C(CNc1ccc(OCCc2ccccc2)cc1)Nc1ccccc1Cl. The van der Waals surface area contributed by atoms with Gasteiger partial charge >= 0.3 is 0 Å². The summed E-state index contributed by atoms with van der Waals surface area (Å²) >= 11 is 6.03. The summed E-state index contributed by atoms with van der Waals surface area (Å²) in [5.41, 5.74) is 2.70. The molecular formula is C22H21ClN2O2. The number of carbonyl (C=O) groups excluding carboxylic acids is 1. The van der Waals surface area contributed by atoms with Gasteiger partial charge in [-0.15, -0.1) is 0 Å². The van der Waals surface area contributed by atoms with Crippen molar-refractivity contribution in [3.05, 3.63) is 89.4 Å². The van der Waals surface area contributed by atoms with E-state index in [1.807, 2.05) is 54.6 Å². The summed E-state index contributed by atoms with van der Waals surface area (Å²) in [6, 6.07) is 24.9. The van der Waals surface area contributed by atoms with Crippen molar-refractivity contribution in [1.29, 1.82) is 0 Å². The monoisotopic (exact) mass is 380 g/mol. The van der Waals surface area contributed by atoms with Gasteiger partial charge in [-0.25, -0.2) is 0 Å². The van der Waals surface area contributed by atoms with Crippen LogP contribution in [0.3, 0.4) is 0 Å².